The van der Waals surface area contributed by atoms with Crippen LogP contribution in [0, 0.1) is 5.92 Å². The Morgan fingerprint density at radius 1 is 1.17 bits per heavy atom. The van der Waals surface area contributed by atoms with Gasteiger partial charge in [0.1, 0.15) is 0 Å². The van der Waals surface area contributed by atoms with Gasteiger partial charge in [0.25, 0.3) is 0 Å². The van der Waals surface area contributed by atoms with Crippen LogP contribution in [0.4, 0.5) is 5.69 Å². The monoisotopic (exact) mass is 245 g/mol. The molecule has 1 aromatic rings. The maximum atomic E-state index is 3.67. The lowest BCUT2D eigenvalue weighted by Gasteiger charge is -2.21. The quantitative estimate of drug-likeness (QED) is 0.742. The Morgan fingerprint density at radius 3 is 2.44 bits per heavy atom. The number of hydrogen-bond donors (Lipinski definition) is 1. The van der Waals surface area contributed by atoms with Gasteiger partial charge in [-0.15, -0.1) is 0 Å². The number of benzene rings is 1. The zero-order valence-electron chi connectivity index (χ0n) is 11.9. The molecular weight excluding hydrogens is 218 g/mol. The van der Waals surface area contributed by atoms with E-state index in [2.05, 4.69) is 43.4 Å². The third-order valence-electron chi connectivity index (χ3n) is 4.27. The van der Waals surface area contributed by atoms with Crippen molar-refractivity contribution in [3.05, 3.63) is 29.8 Å². The van der Waals surface area contributed by atoms with Crippen LogP contribution >= 0.6 is 0 Å². The summed E-state index contributed by atoms with van der Waals surface area (Å²) in [6.45, 7) is 4.58. The van der Waals surface area contributed by atoms with Crippen LogP contribution < -0.4 is 5.32 Å². The van der Waals surface area contributed by atoms with E-state index in [1.807, 2.05) is 0 Å². The van der Waals surface area contributed by atoms with E-state index in [0.717, 1.165) is 5.92 Å². The molecule has 1 fully saturated rings. The molecule has 1 aliphatic carbocycles. The fourth-order valence-corrected chi connectivity index (χ4v) is 2.99. The van der Waals surface area contributed by atoms with Gasteiger partial charge in [-0.25, -0.2) is 0 Å². The summed E-state index contributed by atoms with van der Waals surface area (Å²) in [6.07, 6.45) is 9.45. The molecule has 1 atom stereocenters. The van der Waals surface area contributed by atoms with Gasteiger partial charge in [-0.3, -0.25) is 0 Å². The van der Waals surface area contributed by atoms with Crippen molar-refractivity contribution in [3.63, 3.8) is 0 Å². The highest BCUT2D eigenvalue weighted by molar-refractivity contribution is 5.45. The van der Waals surface area contributed by atoms with Crippen LogP contribution in [-0.2, 0) is 6.42 Å². The number of unbranched alkanes of at least 4 members (excludes halogenated alkanes) is 1. The van der Waals surface area contributed by atoms with Gasteiger partial charge in [0, 0.05) is 11.7 Å². The van der Waals surface area contributed by atoms with E-state index in [-0.39, 0.29) is 0 Å². The van der Waals surface area contributed by atoms with E-state index in [1.54, 1.807) is 0 Å². The zero-order valence-corrected chi connectivity index (χ0v) is 11.9. The van der Waals surface area contributed by atoms with Crippen molar-refractivity contribution >= 4 is 5.69 Å². The molecule has 1 unspecified atom stereocenters. The molecule has 1 N–H and O–H groups in total. The predicted octanol–water partition coefficient (Wildman–Crippen LogP) is 5.02. The van der Waals surface area contributed by atoms with Gasteiger partial charge in [0.2, 0.25) is 0 Å². The molecule has 1 heteroatoms. The van der Waals surface area contributed by atoms with E-state index in [9.17, 15) is 0 Å². The second kappa shape index (κ2) is 6.82. The summed E-state index contributed by atoms with van der Waals surface area (Å²) in [4.78, 5) is 0. The SMILES string of the molecule is CCCCc1ccc(NC(C)C2CCCC2)cc1. The first-order valence-electron chi connectivity index (χ1n) is 7.65. The average Bonchev–Trinajstić information content (AvgIpc) is 2.92. The summed E-state index contributed by atoms with van der Waals surface area (Å²) in [7, 11) is 0. The minimum Gasteiger partial charge on any atom is -0.382 e. The molecule has 0 saturated heterocycles. The highest BCUT2D eigenvalue weighted by atomic mass is 14.9. The Morgan fingerprint density at radius 2 is 1.83 bits per heavy atom. The van der Waals surface area contributed by atoms with Crippen LogP contribution in [0.25, 0.3) is 0 Å². The number of rotatable bonds is 6. The predicted molar refractivity (Wildman–Crippen MR) is 80.1 cm³/mol. The second-order valence-corrected chi connectivity index (χ2v) is 5.78. The Balaban J connectivity index is 1.85. The van der Waals surface area contributed by atoms with Crippen LogP contribution in [0.1, 0.15) is 57.9 Å². The van der Waals surface area contributed by atoms with E-state index in [4.69, 9.17) is 0 Å². The molecule has 1 aliphatic rings. The lowest BCUT2D eigenvalue weighted by atomic mass is 9.99. The maximum absolute atomic E-state index is 3.67. The summed E-state index contributed by atoms with van der Waals surface area (Å²) in [5.74, 6) is 0.879. The standard InChI is InChI=1S/C17H27N/c1-3-4-7-15-10-12-17(13-11-15)18-14(2)16-8-5-6-9-16/h10-14,16,18H,3-9H2,1-2H3. The molecule has 0 bridgehead atoms. The fraction of sp³-hybridized carbons (Fsp3) is 0.647. The molecular formula is C17H27N. The topological polar surface area (TPSA) is 12.0 Å². The van der Waals surface area contributed by atoms with Crippen molar-refractivity contribution in [1.29, 1.82) is 0 Å². The van der Waals surface area contributed by atoms with Gasteiger partial charge in [0.05, 0.1) is 0 Å². The fourth-order valence-electron chi connectivity index (χ4n) is 2.99. The third-order valence-corrected chi connectivity index (χ3v) is 4.27. The van der Waals surface area contributed by atoms with Crippen LogP contribution in [0.3, 0.4) is 0 Å². The summed E-state index contributed by atoms with van der Waals surface area (Å²) in [5.41, 5.74) is 2.76. The van der Waals surface area contributed by atoms with Crippen LogP contribution in [0.15, 0.2) is 24.3 Å². The van der Waals surface area contributed by atoms with Crippen molar-refractivity contribution in [2.45, 2.75) is 64.8 Å². The summed E-state index contributed by atoms with van der Waals surface area (Å²) in [6, 6.07) is 9.67. The number of aryl methyl sites for hydroxylation is 1. The zero-order chi connectivity index (χ0) is 12.8. The highest BCUT2D eigenvalue weighted by Crippen LogP contribution is 2.29. The first-order valence-corrected chi connectivity index (χ1v) is 7.65. The smallest absolute Gasteiger partial charge is 0.0342 e. The lowest BCUT2D eigenvalue weighted by molar-refractivity contribution is 0.482. The molecule has 0 aromatic heterocycles. The molecule has 0 aliphatic heterocycles. The van der Waals surface area contributed by atoms with Crippen LogP contribution in [0.2, 0.25) is 0 Å². The first kappa shape index (κ1) is 13.5. The van der Waals surface area contributed by atoms with Crippen molar-refractivity contribution in [2.75, 3.05) is 5.32 Å². The van der Waals surface area contributed by atoms with Crippen molar-refractivity contribution < 1.29 is 0 Å². The van der Waals surface area contributed by atoms with E-state index >= 15 is 0 Å². The minimum atomic E-state index is 0.619. The molecule has 0 radical (unpaired) electrons. The largest absolute Gasteiger partial charge is 0.382 e. The summed E-state index contributed by atoms with van der Waals surface area (Å²) in [5, 5.41) is 3.67. The van der Waals surface area contributed by atoms with Gasteiger partial charge in [-0.2, -0.15) is 0 Å². The van der Waals surface area contributed by atoms with E-state index in [0.29, 0.717) is 6.04 Å². The molecule has 100 valence electrons. The second-order valence-electron chi connectivity index (χ2n) is 5.78. The van der Waals surface area contributed by atoms with Gasteiger partial charge in [-0.1, -0.05) is 38.3 Å². The number of hydrogen-bond acceptors (Lipinski definition) is 1. The van der Waals surface area contributed by atoms with Crippen molar-refractivity contribution in [3.8, 4) is 0 Å². The van der Waals surface area contributed by atoms with E-state index in [1.165, 1.54) is 56.2 Å². The normalized spacial score (nSPS) is 17.9. The molecule has 0 heterocycles. The Labute approximate surface area is 112 Å². The Hall–Kier alpha value is -0.980. The molecule has 0 spiro atoms. The van der Waals surface area contributed by atoms with Gasteiger partial charge < -0.3 is 5.32 Å². The van der Waals surface area contributed by atoms with Gasteiger partial charge >= 0.3 is 0 Å². The third kappa shape index (κ3) is 3.76. The van der Waals surface area contributed by atoms with Crippen molar-refractivity contribution in [1.82, 2.24) is 0 Å². The summed E-state index contributed by atoms with van der Waals surface area (Å²) < 4.78 is 0. The molecule has 2 rings (SSSR count). The minimum absolute atomic E-state index is 0.619. The molecule has 1 aromatic carbocycles. The first-order chi connectivity index (χ1) is 8.79. The maximum Gasteiger partial charge on any atom is 0.0342 e. The Kier molecular flexibility index (Phi) is 5.10. The highest BCUT2D eigenvalue weighted by Gasteiger charge is 2.21. The Bertz CT molecular complexity index is 335. The molecule has 1 saturated carbocycles. The van der Waals surface area contributed by atoms with Gasteiger partial charge in [0.15, 0.2) is 0 Å². The number of nitrogens with one attached hydrogen (secondary N) is 1. The van der Waals surface area contributed by atoms with Crippen LogP contribution in [0.5, 0.6) is 0 Å². The summed E-state index contributed by atoms with van der Waals surface area (Å²) >= 11 is 0. The molecule has 0 amide bonds. The molecule has 18 heavy (non-hydrogen) atoms. The average molecular weight is 245 g/mol. The number of anilines is 1. The van der Waals surface area contributed by atoms with E-state index < -0.39 is 0 Å². The van der Waals surface area contributed by atoms with Crippen LogP contribution in [-0.4, -0.2) is 6.04 Å². The van der Waals surface area contributed by atoms with Gasteiger partial charge in [-0.05, 0) is 56.2 Å². The molecule has 1 nitrogen and oxygen atoms in total. The lowest BCUT2D eigenvalue weighted by Crippen LogP contribution is -2.23. The van der Waals surface area contributed by atoms with Crippen molar-refractivity contribution in [2.24, 2.45) is 5.92 Å².